The molecule has 2 aliphatic heterocycles. The van der Waals surface area contributed by atoms with Crippen molar-refractivity contribution in [2.45, 2.75) is 70.6 Å². The summed E-state index contributed by atoms with van der Waals surface area (Å²) in [5.41, 5.74) is 7.05. The summed E-state index contributed by atoms with van der Waals surface area (Å²) in [6, 6.07) is 29.9. The first-order chi connectivity index (χ1) is 28.7. The Balaban J connectivity index is 0.941. The number of carbonyl (C=O) groups excluding carboxylic acids is 3. The van der Waals surface area contributed by atoms with Crippen molar-refractivity contribution in [3.8, 4) is 33.6 Å². The molecule has 2 fully saturated rings. The van der Waals surface area contributed by atoms with Gasteiger partial charge in [0.25, 0.3) is 0 Å². The highest BCUT2D eigenvalue weighted by molar-refractivity contribution is 5.91. The number of ether oxygens (including phenoxy) is 1. The van der Waals surface area contributed by atoms with Crippen LogP contribution in [0.3, 0.4) is 0 Å². The maximum Gasteiger partial charge on any atom is 0.407 e. The van der Waals surface area contributed by atoms with Crippen molar-refractivity contribution in [2.24, 2.45) is 5.92 Å². The molecule has 0 radical (unpaired) electrons. The van der Waals surface area contributed by atoms with Crippen molar-refractivity contribution in [1.29, 1.82) is 0 Å². The summed E-state index contributed by atoms with van der Waals surface area (Å²) in [6.45, 7) is 7.86. The van der Waals surface area contributed by atoms with Crippen molar-refractivity contribution in [1.82, 2.24) is 40.4 Å². The second-order valence-electron chi connectivity index (χ2n) is 15.9. The molecule has 4 unspecified atom stereocenters. The number of H-pyrrole nitrogens is 2. The van der Waals surface area contributed by atoms with E-state index in [9.17, 15) is 14.4 Å². The fourth-order valence-corrected chi connectivity index (χ4v) is 8.61. The first kappa shape index (κ1) is 39.6. The Morgan fingerprint density at radius 3 is 1.86 bits per heavy atom. The van der Waals surface area contributed by atoms with Gasteiger partial charge < -0.3 is 35.1 Å². The minimum atomic E-state index is -0.680. The average Bonchev–Trinajstić information content (AvgIpc) is 4.11. The predicted octanol–water partition coefficient (Wildman–Crippen LogP) is 8.35. The molecule has 2 aliphatic rings. The summed E-state index contributed by atoms with van der Waals surface area (Å²) in [5.74, 6) is 1.41. The summed E-state index contributed by atoms with van der Waals surface area (Å²) in [6.07, 6.45) is 6.55. The number of benzene rings is 4. The molecular formula is C47H52N8O4. The lowest BCUT2D eigenvalue weighted by Crippen LogP contribution is -2.51. The molecule has 304 valence electrons. The van der Waals surface area contributed by atoms with Crippen LogP contribution < -0.4 is 10.6 Å². The Kier molecular flexibility index (Phi) is 11.6. The van der Waals surface area contributed by atoms with Gasteiger partial charge in [-0.25, -0.2) is 14.8 Å². The number of alkyl carbamates (subject to hydrolysis) is 1. The first-order valence-corrected chi connectivity index (χ1v) is 20.7. The Hall–Kier alpha value is -6.27. The largest absolute Gasteiger partial charge is 0.453 e. The van der Waals surface area contributed by atoms with E-state index in [1.54, 1.807) is 0 Å². The number of rotatable bonds is 12. The SMILES string of the molecule is CCNC(C(=O)N1CCCC1c1ncc(-c2ccc(-c3ccc4cc(-c5cnc(C6CCCN6C(=O)C(NC(=O)OC)C(C)C)[nH]5)ccc4c3)cc2)[nH]1)c1ccccc1. The fourth-order valence-electron chi connectivity index (χ4n) is 8.61. The lowest BCUT2D eigenvalue weighted by Gasteiger charge is -2.30. The lowest BCUT2D eigenvalue weighted by molar-refractivity contribution is -0.136. The second kappa shape index (κ2) is 17.3. The highest BCUT2D eigenvalue weighted by Crippen LogP contribution is 2.36. The van der Waals surface area contributed by atoms with E-state index >= 15 is 0 Å². The molecule has 59 heavy (non-hydrogen) atoms. The van der Waals surface area contributed by atoms with Gasteiger partial charge in [-0.1, -0.05) is 99.6 Å². The molecule has 12 heteroatoms. The van der Waals surface area contributed by atoms with E-state index in [0.717, 1.165) is 87.3 Å². The molecule has 0 saturated carbocycles. The number of fused-ring (bicyclic) bond motifs is 1. The van der Waals surface area contributed by atoms with E-state index in [4.69, 9.17) is 14.7 Å². The van der Waals surface area contributed by atoms with Gasteiger partial charge in [-0.15, -0.1) is 0 Å². The number of methoxy groups -OCH3 is 1. The van der Waals surface area contributed by atoms with E-state index in [1.807, 2.05) is 73.3 Å². The molecule has 4 heterocycles. The molecule has 3 amide bonds. The number of nitrogens with zero attached hydrogens (tertiary/aromatic N) is 4. The summed E-state index contributed by atoms with van der Waals surface area (Å²) >= 11 is 0. The van der Waals surface area contributed by atoms with E-state index < -0.39 is 12.1 Å². The zero-order valence-electron chi connectivity index (χ0n) is 34.1. The van der Waals surface area contributed by atoms with Gasteiger partial charge in [0.1, 0.15) is 23.7 Å². The first-order valence-electron chi connectivity index (χ1n) is 20.7. The van der Waals surface area contributed by atoms with Crippen molar-refractivity contribution < 1.29 is 19.1 Å². The number of amides is 3. The summed E-state index contributed by atoms with van der Waals surface area (Å²) in [7, 11) is 1.30. The fraction of sp³-hybridized carbons (Fsp3) is 0.340. The predicted molar refractivity (Wildman–Crippen MR) is 229 cm³/mol. The van der Waals surface area contributed by atoms with Crippen LogP contribution in [0.15, 0.2) is 103 Å². The summed E-state index contributed by atoms with van der Waals surface area (Å²) in [4.78, 5) is 59.8. The third-order valence-corrected chi connectivity index (χ3v) is 11.8. The van der Waals surface area contributed by atoms with E-state index in [-0.39, 0.29) is 35.9 Å². The van der Waals surface area contributed by atoms with E-state index in [2.05, 4.69) is 81.3 Å². The Morgan fingerprint density at radius 1 is 0.729 bits per heavy atom. The molecule has 0 spiro atoms. The van der Waals surface area contributed by atoms with Gasteiger partial charge in [0.2, 0.25) is 11.8 Å². The van der Waals surface area contributed by atoms with Gasteiger partial charge in [-0.05, 0) is 83.3 Å². The van der Waals surface area contributed by atoms with Crippen molar-refractivity contribution in [2.75, 3.05) is 26.7 Å². The maximum absolute atomic E-state index is 13.9. The zero-order valence-corrected chi connectivity index (χ0v) is 34.1. The minimum absolute atomic E-state index is 0.0822. The highest BCUT2D eigenvalue weighted by atomic mass is 16.5. The summed E-state index contributed by atoms with van der Waals surface area (Å²) < 4.78 is 4.77. The molecule has 4 N–H and O–H groups in total. The van der Waals surface area contributed by atoms with Gasteiger partial charge in [-0.2, -0.15) is 0 Å². The highest BCUT2D eigenvalue weighted by Gasteiger charge is 2.38. The van der Waals surface area contributed by atoms with Crippen LogP contribution in [0.2, 0.25) is 0 Å². The topological polar surface area (TPSA) is 148 Å². The molecule has 2 saturated heterocycles. The van der Waals surface area contributed by atoms with Crippen LogP contribution in [0.1, 0.15) is 81.8 Å². The molecule has 4 atom stereocenters. The Morgan fingerprint density at radius 2 is 1.27 bits per heavy atom. The van der Waals surface area contributed by atoms with Gasteiger partial charge in [0.15, 0.2) is 0 Å². The molecular weight excluding hydrogens is 741 g/mol. The molecule has 12 nitrogen and oxygen atoms in total. The Bertz CT molecular complexity index is 2420. The van der Waals surface area contributed by atoms with Crippen LogP contribution in [-0.4, -0.2) is 80.4 Å². The average molecular weight is 793 g/mol. The number of carbonyl (C=O) groups is 3. The molecule has 2 aromatic heterocycles. The third kappa shape index (κ3) is 8.22. The van der Waals surface area contributed by atoms with Crippen LogP contribution >= 0.6 is 0 Å². The normalized spacial score (nSPS) is 17.7. The number of likely N-dealkylation sites (N-methyl/N-ethyl adjacent to an activating group) is 1. The van der Waals surface area contributed by atoms with Crippen molar-refractivity contribution >= 4 is 28.7 Å². The van der Waals surface area contributed by atoms with Crippen molar-refractivity contribution in [3.05, 3.63) is 121 Å². The maximum atomic E-state index is 13.9. The number of hydrogen-bond donors (Lipinski definition) is 4. The van der Waals surface area contributed by atoms with Gasteiger partial charge in [0, 0.05) is 18.7 Å². The third-order valence-electron chi connectivity index (χ3n) is 11.8. The van der Waals surface area contributed by atoms with Gasteiger partial charge in [0.05, 0.1) is 43.0 Å². The number of imidazole rings is 2. The number of aromatic nitrogens is 4. The summed E-state index contributed by atoms with van der Waals surface area (Å²) in [5, 5.41) is 8.33. The standard InChI is InChI=1S/C47H52N8O4/c1-5-48-42(32-11-7-6-8-12-32)46(57)55-24-10-14-40(55)43-49-27-37(51-43)31-17-15-30(16-18-31)33-19-20-35-26-36(22-21-34(35)25-33)38-28-50-44(52-38)39-13-9-23-54(39)45(56)41(29(2)3)53-47(58)59-4/h6-8,11-12,15-22,25-29,39-42,48H,5,9-10,13-14,23-24H2,1-4H3,(H,49,51)(H,50,52)(H,53,58). The molecule has 6 aromatic rings. The number of likely N-dealkylation sites (tertiary alicyclic amines) is 2. The van der Waals surface area contributed by atoms with Crippen LogP contribution in [-0.2, 0) is 14.3 Å². The van der Waals surface area contributed by atoms with Crippen LogP contribution in [0.5, 0.6) is 0 Å². The molecule has 4 aromatic carbocycles. The number of hydrogen-bond acceptors (Lipinski definition) is 7. The van der Waals surface area contributed by atoms with E-state index in [1.165, 1.54) is 7.11 Å². The quantitative estimate of drug-likeness (QED) is 0.0974. The second-order valence-corrected chi connectivity index (χ2v) is 15.9. The monoisotopic (exact) mass is 792 g/mol. The van der Waals surface area contributed by atoms with Crippen LogP contribution in [0.25, 0.3) is 44.4 Å². The number of aromatic amines is 2. The molecule has 0 bridgehead atoms. The minimum Gasteiger partial charge on any atom is -0.453 e. The van der Waals surface area contributed by atoms with Crippen LogP contribution in [0, 0.1) is 5.92 Å². The smallest absolute Gasteiger partial charge is 0.407 e. The Labute approximate surface area is 344 Å². The number of nitrogens with one attached hydrogen (secondary N) is 4. The van der Waals surface area contributed by atoms with Crippen molar-refractivity contribution in [3.63, 3.8) is 0 Å². The molecule has 0 aliphatic carbocycles. The molecule has 8 rings (SSSR count). The van der Waals surface area contributed by atoms with Gasteiger partial charge >= 0.3 is 6.09 Å². The zero-order chi connectivity index (χ0) is 41.0. The lowest BCUT2D eigenvalue weighted by atomic mass is 9.98. The van der Waals surface area contributed by atoms with Crippen LogP contribution in [0.4, 0.5) is 4.79 Å². The van der Waals surface area contributed by atoms with Gasteiger partial charge in [-0.3, -0.25) is 9.59 Å². The van der Waals surface area contributed by atoms with E-state index in [0.29, 0.717) is 19.6 Å².